The molecule has 0 spiro atoms. The Hall–Kier alpha value is -2.08. The molecule has 0 fully saturated rings. The second kappa shape index (κ2) is 5.61. The number of hydrogen-bond donors (Lipinski definition) is 1. The molecule has 0 saturated carbocycles. The lowest BCUT2D eigenvalue weighted by molar-refractivity contribution is 0.0943. The van der Waals surface area contributed by atoms with Crippen LogP contribution in [-0.2, 0) is 20.1 Å². The largest absolute Gasteiger partial charge is 0.347 e. The molecule has 0 atom stereocenters. The average Bonchev–Trinajstić information content (AvgIpc) is 3.14. The lowest BCUT2D eigenvalue weighted by atomic mass is 10.2. The second-order valence-electron chi connectivity index (χ2n) is 5.41. The van der Waals surface area contributed by atoms with Crippen molar-refractivity contribution >= 4 is 27.5 Å². The zero-order chi connectivity index (χ0) is 15.9. The first-order chi connectivity index (χ1) is 10.5. The third kappa shape index (κ3) is 2.33. The van der Waals surface area contributed by atoms with E-state index in [9.17, 15) is 4.79 Å². The Labute approximate surface area is 133 Å². The molecule has 0 aromatic carbocycles. The van der Waals surface area contributed by atoms with Gasteiger partial charge in [-0.2, -0.15) is 5.10 Å². The summed E-state index contributed by atoms with van der Waals surface area (Å²) in [5.41, 5.74) is 4.99. The van der Waals surface area contributed by atoms with E-state index in [-0.39, 0.29) is 5.91 Å². The molecule has 0 unspecified atom stereocenters. The predicted molar refractivity (Wildman–Crippen MR) is 89.3 cm³/mol. The molecule has 0 aliphatic carbocycles. The van der Waals surface area contributed by atoms with Gasteiger partial charge < -0.3 is 9.88 Å². The number of carbonyl (C=O) groups excluding carboxylic acids is 1. The van der Waals surface area contributed by atoms with Crippen LogP contribution in [0.3, 0.4) is 0 Å². The van der Waals surface area contributed by atoms with Crippen LogP contribution in [0.25, 0.3) is 10.2 Å². The molecule has 6 heteroatoms. The highest BCUT2D eigenvalue weighted by atomic mass is 32.1. The number of amides is 1. The molecule has 1 amide bonds. The minimum atomic E-state index is -0.0473. The molecular weight excluding hydrogens is 296 g/mol. The van der Waals surface area contributed by atoms with Crippen LogP contribution in [0.2, 0.25) is 0 Å². The van der Waals surface area contributed by atoms with Crippen molar-refractivity contribution in [1.82, 2.24) is 19.7 Å². The van der Waals surface area contributed by atoms with Gasteiger partial charge in [-0.1, -0.05) is 0 Å². The Balaban J connectivity index is 1.79. The van der Waals surface area contributed by atoms with Crippen LogP contribution in [-0.4, -0.2) is 20.3 Å². The molecule has 3 rings (SSSR count). The Morgan fingerprint density at radius 2 is 2.18 bits per heavy atom. The van der Waals surface area contributed by atoms with E-state index in [0.717, 1.165) is 33.7 Å². The lowest BCUT2D eigenvalue weighted by Crippen LogP contribution is -2.25. The van der Waals surface area contributed by atoms with Crippen molar-refractivity contribution in [3.05, 3.63) is 40.2 Å². The van der Waals surface area contributed by atoms with Crippen molar-refractivity contribution in [2.24, 2.45) is 7.05 Å². The van der Waals surface area contributed by atoms with Crippen molar-refractivity contribution < 1.29 is 4.79 Å². The molecule has 1 N–H and O–H groups in total. The highest BCUT2D eigenvalue weighted by Crippen LogP contribution is 2.24. The Morgan fingerprint density at radius 3 is 2.82 bits per heavy atom. The molecule has 3 aromatic heterocycles. The van der Waals surface area contributed by atoms with Crippen LogP contribution < -0.4 is 5.32 Å². The smallest absolute Gasteiger partial charge is 0.268 e. The third-order valence-corrected chi connectivity index (χ3v) is 5.01. The summed E-state index contributed by atoms with van der Waals surface area (Å²) >= 11 is 1.65. The lowest BCUT2D eigenvalue weighted by Gasteiger charge is -2.07. The van der Waals surface area contributed by atoms with Gasteiger partial charge in [-0.3, -0.25) is 9.48 Å². The van der Waals surface area contributed by atoms with Gasteiger partial charge >= 0.3 is 0 Å². The first-order valence-corrected chi connectivity index (χ1v) is 8.25. The van der Waals surface area contributed by atoms with Gasteiger partial charge in [-0.25, -0.2) is 0 Å². The summed E-state index contributed by atoms with van der Waals surface area (Å²) in [6.45, 7) is 7.45. The van der Waals surface area contributed by atoms with E-state index in [1.54, 1.807) is 11.3 Å². The average molecular weight is 316 g/mol. The first kappa shape index (κ1) is 14.8. The number of nitrogens with zero attached hydrogens (tertiary/aromatic N) is 3. The number of fused-ring (bicyclic) bond motifs is 1. The van der Waals surface area contributed by atoms with Crippen LogP contribution in [0.15, 0.2) is 17.5 Å². The summed E-state index contributed by atoms with van der Waals surface area (Å²) in [4.78, 5) is 12.5. The van der Waals surface area contributed by atoms with Crippen molar-refractivity contribution in [2.45, 2.75) is 33.9 Å². The van der Waals surface area contributed by atoms with E-state index >= 15 is 0 Å². The summed E-state index contributed by atoms with van der Waals surface area (Å²) in [7, 11) is 1.93. The van der Waals surface area contributed by atoms with Gasteiger partial charge in [0.1, 0.15) is 5.69 Å². The van der Waals surface area contributed by atoms with Crippen molar-refractivity contribution in [3.63, 3.8) is 0 Å². The maximum absolute atomic E-state index is 12.5. The minimum Gasteiger partial charge on any atom is -0.347 e. The summed E-state index contributed by atoms with van der Waals surface area (Å²) in [6.07, 6.45) is 0. The highest BCUT2D eigenvalue weighted by molar-refractivity contribution is 7.17. The van der Waals surface area contributed by atoms with E-state index in [2.05, 4.69) is 17.3 Å². The number of rotatable bonds is 4. The minimum absolute atomic E-state index is 0.0473. The number of hydrogen-bond acceptors (Lipinski definition) is 3. The maximum atomic E-state index is 12.5. The van der Waals surface area contributed by atoms with Gasteiger partial charge in [0.05, 0.1) is 15.9 Å². The topological polar surface area (TPSA) is 51.9 Å². The fourth-order valence-electron chi connectivity index (χ4n) is 2.82. The molecule has 116 valence electrons. The first-order valence-electron chi connectivity index (χ1n) is 7.37. The zero-order valence-corrected chi connectivity index (χ0v) is 14.1. The quantitative estimate of drug-likeness (QED) is 0.804. The number of aromatic nitrogens is 3. The SMILES string of the molecule is CCn1nc(C)c(CNC(=O)c2cc3sccc3n2C)c1C. The predicted octanol–water partition coefficient (Wildman–Crippen LogP) is 3.00. The molecule has 0 aliphatic rings. The van der Waals surface area contributed by atoms with Gasteiger partial charge in [-0.15, -0.1) is 11.3 Å². The molecule has 5 nitrogen and oxygen atoms in total. The summed E-state index contributed by atoms with van der Waals surface area (Å²) in [6, 6.07) is 3.99. The monoisotopic (exact) mass is 316 g/mol. The number of thiophene rings is 1. The molecule has 0 saturated heterocycles. The third-order valence-electron chi connectivity index (χ3n) is 4.15. The Kier molecular flexibility index (Phi) is 3.78. The zero-order valence-electron chi connectivity index (χ0n) is 13.3. The molecule has 22 heavy (non-hydrogen) atoms. The van der Waals surface area contributed by atoms with Crippen LogP contribution in [0.1, 0.15) is 34.4 Å². The highest BCUT2D eigenvalue weighted by Gasteiger charge is 2.16. The van der Waals surface area contributed by atoms with Crippen LogP contribution >= 0.6 is 11.3 Å². The van der Waals surface area contributed by atoms with Gasteiger partial charge in [-0.05, 0) is 38.3 Å². The molecule has 0 bridgehead atoms. The van der Waals surface area contributed by atoms with Crippen LogP contribution in [0, 0.1) is 13.8 Å². The van der Waals surface area contributed by atoms with E-state index in [1.165, 1.54) is 0 Å². The summed E-state index contributed by atoms with van der Waals surface area (Å²) in [5.74, 6) is -0.0473. The Bertz CT molecular complexity index is 840. The van der Waals surface area contributed by atoms with Gasteiger partial charge in [0.25, 0.3) is 5.91 Å². The van der Waals surface area contributed by atoms with Crippen LogP contribution in [0.4, 0.5) is 0 Å². The molecule has 3 aromatic rings. The van der Waals surface area contributed by atoms with Crippen molar-refractivity contribution in [3.8, 4) is 0 Å². The standard InChI is InChI=1S/C16H20N4OS/c1-5-20-11(3)12(10(2)18-20)9-17-16(21)14-8-15-13(19(14)4)6-7-22-15/h6-8H,5,9H2,1-4H3,(H,17,21). The maximum Gasteiger partial charge on any atom is 0.268 e. The van der Waals surface area contributed by atoms with Gasteiger partial charge in [0.2, 0.25) is 0 Å². The number of nitrogens with one attached hydrogen (secondary N) is 1. The van der Waals surface area contributed by atoms with Crippen LogP contribution in [0.5, 0.6) is 0 Å². The fraction of sp³-hybridized carbons (Fsp3) is 0.375. The molecule has 3 heterocycles. The second-order valence-corrected chi connectivity index (χ2v) is 6.35. The van der Waals surface area contributed by atoms with E-state index < -0.39 is 0 Å². The summed E-state index contributed by atoms with van der Waals surface area (Å²) < 4.78 is 5.05. The molecular formula is C16H20N4OS. The van der Waals surface area contributed by atoms with Gasteiger partial charge in [0, 0.05) is 31.4 Å². The van der Waals surface area contributed by atoms with E-state index in [0.29, 0.717) is 12.2 Å². The van der Waals surface area contributed by atoms with E-state index in [4.69, 9.17) is 0 Å². The molecule has 0 aliphatic heterocycles. The van der Waals surface area contributed by atoms with Crippen molar-refractivity contribution in [2.75, 3.05) is 0 Å². The van der Waals surface area contributed by atoms with Gasteiger partial charge in [0.15, 0.2) is 0 Å². The fourth-order valence-corrected chi connectivity index (χ4v) is 3.67. The summed E-state index contributed by atoms with van der Waals surface area (Å²) in [5, 5.41) is 9.54. The normalized spacial score (nSPS) is 11.3. The molecule has 0 radical (unpaired) electrons. The Morgan fingerprint density at radius 1 is 1.41 bits per heavy atom. The van der Waals surface area contributed by atoms with E-state index in [1.807, 2.05) is 47.7 Å². The number of aryl methyl sites for hydroxylation is 3. The number of carbonyl (C=O) groups is 1. The van der Waals surface area contributed by atoms with Crippen molar-refractivity contribution in [1.29, 1.82) is 0 Å².